The highest BCUT2D eigenvalue weighted by Gasteiger charge is 2.11. The fourth-order valence-electron chi connectivity index (χ4n) is 2.41. The van der Waals surface area contributed by atoms with Crippen LogP contribution in [-0.4, -0.2) is 9.55 Å². The highest BCUT2D eigenvalue weighted by atomic mass is 35.5. The Hall–Kier alpha value is -1.54. The van der Waals surface area contributed by atoms with Crippen LogP contribution >= 0.6 is 11.6 Å². The highest BCUT2D eigenvalue weighted by molar-refractivity contribution is 6.36. The van der Waals surface area contributed by atoms with Gasteiger partial charge >= 0.3 is 0 Å². The van der Waals surface area contributed by atoms with Crippen LogP contribution in [0, 0.1) is 5.92 Å². The fourth-order valence-corrected chi connectivity index (χ4v) is 2.67. The first-order valence-corrected chi connectivity index (χ1v) is 6.56. The van der Waals surface area contributed by atoms with Crippen LogP contribution in [0.25, 0.3) is 21.8 Å². The van der Waals surface area contributed by atoms with Gasteiger partial charge in [0.1, 0.15) is 5.52 Å². The number of fused-ring (bicyclic) bond motifs is 3. The van der Waals surface area contributed by atoms with E-state index in [1.165, 1.54) is 10.8 Å². The molecule has 0 radical (unpaired) electrons. The zero-order chi connectivity index (χ0) is 12.7. The predicted octanol–water partition coefficient (Wildman–Crippen LogP) is 4.50. The number of halogens is 1. The van der Waals surface area contributed by atoms with Crippen LogP contribution in [0.4, 0.5) is 0 Å². The molecule has 3 rings (SSSR count). The molecule has 1 aromatic heterocycles. The third-order valence-corrected chi connectivity index (χ3v) is 3.41. The number of aromatic nitrogens is 2. The molecule has 0 aliphatic carbocycles. The van der Waals surface area contributed by atoms with E-state index in [1.54, 1.807) is 0 Å². The van der Waals surface area contributed by atoms with E-state index in [1.807, 2.05) is 18.5 Å². The monoisotopic (exact) mass is 258 g/mol. The van der Waals surface area contributed by atoms with Gasteiger partial charge in [0.25, 0.3) is 0 Å². The normalized spacial score (nSPS) is 11.8. The summed E-state index contributed by atoms with van der Waals surface area (Å²) >= 11 is 6.31. The van der Waals surface area contributed by atoms with Gasteiger partial charge in [-0.05, 0) is 17.4 Å². The molecular weight excluding hydrogens is 244 g/mol. The Morgan fingerprint density at radius 1 is 1.28 bits per heavy atom. The van der Waals surface area contributed by atoms with Crippen molar-refractivity contribution >= 4 is 33.4 Å². The molecular formula is C15H15ClN2. The van der Waals surface area contributed by atoms with Crippen molar-refractivity contribution in [1.82, 2.24) is 9.55 Å². The van der Waals surface area contributed by atoms with Gasteiger partial charge in [0.2, 0.25) is 0 Å². The molecule has 2 aromatic carbocycles. The lowest BCUT2D eigenvalue weighted by molar-refractivity contribution is 0.533. The zero-order valence-electron chi connectivity index (χ0n) is 10.5. The summed E-state index contributed by atoms with van der Waals surface area (Å²) in [7, 11) is 0. The van der Waals surface area contributed by atoms with E-state index in [9.17, 15) is 0 Å². The number of rotatable bonds is 2. The second kappa shape index (κ2) is 4.29. The van der Waals surface area contributed by atoms with Gasteiger partial charge in [-0.15, -0.1) is 0 Å². The van der Waals surface area contributed by atoms with Crippen molar-refractivity contribution in [2.45, 2.75) is 20.4 Å². The van der Waals surface area contributed by atoms with Gasteiger partial charge in [0.05, 0.1) is 16.9 Å². The highest BCUT2D eigenvalue weighted by Crippen LogP contribution is 2.31. The molecule has 2 nitrogen and oxygen atoms in total. The summed E-state index contributed by atoms with van der Waals surface area (Å²) in [5.74, 6) is 0.583. The number of imidazole rings is 1. The van der Waals surface area contributed by atoms with Crippen molar-refractivity contribution < 1.29 is 0 Å². The van der Waals surface area contributed by atoms with E-state index in [0.717, 1.165) is 22.6 Å². The molecule has 1 heterocycles. The van der Waals surface area contributed by atoms with E-state index >= 15 is 0 Å². The first-order chi connectivity index (χ1) is 8.66. The fraction of sp³-hybridized carbons (Fsp3) is 0.267. The van der Waals surface area contributed by atoms with Crippen LogP contribution in [0.5, 0.6) is 0 Å². The molecule has 0 saturated carbocycles. The van der Waals surface area contributed by atoms with Crippen LogP contribution in [0.15, 0.2) is 36.7 Å². The Kier molecular flexibility index (Phi) is 2.75. The number of nitrogens with zero attached hydrogens (tertiary/aromatic N) is 2. The van der Waals surface area contributed by atoms with Crippen molar-refractivity contribution in [3.05, 3.63) is 41.7 Å². The largest absolute Gasteiger partial charge is 0.330 e. The molecule has 0 aliphatic rings. The van der Waals surface area contributed by atoms with Crippen LogP contribution in [0.3, 0.4) is 0 Å². The van der Waals surface area contributed by atoms with Crippen LogP contribution < -0.4 is 0 Å². The van der Waals surface area contributed by atoms with Crippen molar-refractivity contribution in [2.24, 2.45) is 5.92 Å². The number of hydrogen-bond donors (Lipinski definition) is 0. The maximum absolute atomic E-state index is 6.31. The quantitative estimate of drug-likeness (QED) is 0.662. The smallest absolute Gasteiger partial charge is 0.108 e. The molecule has 0 saturated heterocycles. The molecule has 18 heavy (non-hydrogen) atoms. The molecule has 0 bridgehead atoms. The molecule has 0 fully saturated rings. The van der Waals surface area contributed by atoms with Crippen molar-refractivity contribution in [2.75, 3.05) is 0 Å². The molecule has 0 amide bonds. The molecule has 0 atom stereocenters. The maximum Gasteiger partial charge on any atom is 0.108 e. The third kappa shape index (κ3) is 1.77. The van der Waals surface area contributed by atoms with E-state index in [0.29, 0.717) is 5.92 Å². The zero-order valence-corrected chi connectivity index (χ0v) is 11.3. The second-order valence-corrected chi connectivity index (χ2v) is 5.47. The standard InChI is InChI=1S/C15H15ClN2/c1-10(2)8-18-9-17-14-13(16)7-11-5-3-4-6-12(11)15(14)18/h3-7,9-10H,8H2,1-2H3. The molecule has 0 spiro atoms. The van der Waals surface area contributed by atoms with Gasteiger partial charge in [0.15, 0.2) is 0 Å². The van der Waals surface area contributed by atoms with Gasteiger partial charge in [-0.2, -0.15) is 0 Å². The number of benzene rings is 2. The predicted molar refractivity (Wildman–Crippen MR) is 77.1 cm³/mol. The SMILES string of the molecule is CC(C)Cn1cnc2c(Cl)cc3ccccc3c21. The first-order valence-electron chi connectivity index (χ1n) is 6.19. The number of hydrogen-bond acceptors (Lipinski definition) is 1. The minimum absolute atomic E-state index is 0.583. The summed E-state index contributed by atoms with van der Waals surface area (Å²) in [6, 6.07) is 10.3. The first kappa shape index (κ1) is 11.5. The van der Waals surface area contributed by atoms with E-state index in [4.69, 9.17) is 11.6 Å². The van der Waals surface area contributed by atoms with E-state index in [2.05, 4.69) is 41.6 Å². The van der Waals surface area contributed by atoms with Gasteiger partial charge in [-0.1, -0.05) is 49.7 Å². The van der Waals surface area contributed by atoms with Crippen LogP contribution in [-0.2, 0) is 6.54 Å². The lowest BCUT2D eigenvalue weighted by atomic mass is 10.1. The molecule has 0 aliphatic heterocycles. The average Bonchev–Trinajstić information content (AvgIpc) is 2.73. The maximum atomic E-state index is 6.31. The lowest BCUT2D eigenvalue weighted by Crippen LogP contribution is -2.02. The van der Waals surface area contributed by atoms with Crippen molar-refractivity contribution in [3.63, 3.8) is 0 Å². The summed E-state index contributed by atoms with van der Waals surface area (Å²) in [6.45, 7) is 5.37. The Bertz CT molecular complexity index is 713. The van der Waals surface area contributed by atoms with Gasteiger partial charge in [-0.3, -0.25) is 0 Å². The molecule has 0 unspecified atom stereocenters. The molecule has 3 heteroatoms. The second-order valence-electron chi connectivity index (χ2n) is 5.07. The molecule has 92 valence electrons. The topological polar surface area (TPSA) is 17.8 Å². The Balaban J connectivity index is 2.40. The van der Waals surface area contributed by atoms with E-state index in [-0.39, 0.29) is 0 Å². The van der Waals surface area contributed by atoms with Crippen molar-refractivity contribution in [3.8, 4) is 0 Å². The summed E-state index contributed by atoms with van der Waals surface area (Å²) < 4.78 is 2.20. The summed E-state index contributed by atoms with van der Waals surface area (Å²) in [5, 5.41) is 3.11. The Morgan fingerprint density at radius 3 is 2.83 bits per heavy atom. The lowest BCUT2D eigenvalue weighted by Gasteiger charge is -2.09. The molecule has 3 aromatic rings. The summed E-state index contributed by atoms with van der Waals surface area (Å²) in [5.41, 5.74) is 2.04. The van der Waals surface area contributed by atoms with Crippen LogP contribution in [0.2, 0.25) is 5.02 Å². The van der Waals surface area contributed by atoms with Crippen LogP contribution in [0.1, 0.15) is 13.8 Å². The van der Waals surface area contributed by atoms with E-state index < -0.39 is 0 Å². The summed E-state index contributed by atoms with van der Waals surface area (Å²) in [4.78, 5) is 4.45. The minimum atomic E-state index is 0.583. The summed E-state index contributed by atoms with van der Waals surface area (Å²) in [6.07, 6.45) is 1.89. The van der Waals surface area contributed by atoms with Gasteiger partial charge in [-0.25, -0.2) is 4.98 Å². The van der Waals surface area contributed by atoms with Crippen molar-refractivity contribution in [1.29, 1.82) is 0 Å². The average molecular weight is 259 g/mol. The Morgan fingerprint density at radius 2 is 2.06 bits per heavy atom. The van der Waals surface area contributed by atoms with Gasteiger partial charge in [0, 0.05) is 11.9 Å². The van der Waals surface area contributed by atoms with Gasteiger partial charge < -0.3 is 4.57 Å². The minimum Gasteiger partial charge on any atom is -0.330 e. The third-order valence-electron chi connectivity index (χ3n) is 3.12. The molecule has 0 N–H and O–H groups in total. The Labute approximate surface area is 111 Å².